The summed E-state index contributed by atoms with van der Waals surface area (Å²) < 4.78 is 0. The van der Waals surface area contributed by atoms with E-state index in [1.54, 1.807) is 0 Å². The van der Waals surface area contributed by atoms with Crippen LogP contribution >= 0.6 is 0 Å². The molecule has 1 aromatic heterocycles. The summed E-state index contributed by atoms with van der Waals surface area (Å²) in [6, 6.07) is 2.06. The van der Waals surface area contributed by atoms with E-state index in [-0.39, 0.29) is 0 Å². The number of hydrogen-bond acceptors (Lipinski definition) is 3. The van der Waals surface area contributed by atoms with Crippen LogP contribution in [0.1, 0.15) is 17.0 Å². The number of nitrogens with one attached hydrogen (secondary N) is 2. The van der Waals surface area contributed by atoms with E-state index in [1.165, 1.54) is 0 Å². The largest absolute Gasteiger partial charge is 0.311 e. The fraction of sp³-hybridized carbons (Fsp3) is 0.429. The first-order valence-electron chi connectivity index (χ1n) is 3.59. The highest BCUT2D eigenvalue weighted by atomic mass is 15.1. The fourth-order valence-electron chi connectivity index (χ4n) is 1.34. The Bertz CT molecular complexity index is 307. The van der Waals surface area contributed by atoms with Gasteiger partial charge in [-0.1, -0.05) is 0 Å². The second kappa shape index (κ2) is 2.36. The van der Waals surface area contributed by atoms with E-state index in [2.05, 4.69) is 21.6 Å². The van der Waals surface area contributed by atoms with Gasteiger partial charge in [-0.3, -0.25) is 5.10 Å². The third kappa shape index (κ3) is 0.900. The molecule has 0 aromatic carbocycles. The molecule has 4 heteroatoms. The lowest BCUT2D eigenvalue weighted by molar-refractivity contribution is 0.632. The van der Waals surface area contributed by atoms with Crippen molar-refractivity contribution in [2.45, 2.75) is 13.0 Å². The Kier molecular flexibility index (Phi) is 1.37. The van der Waals surface area contributed by atoms with Crippen LogP contribution in [0.5, 0.6) is 0 Å². The Labute approximate surface area is 64.2 Å². The van der Waals surface area contributed by atoms with Gasteiger partial charge in [-0.25, -0.2) is 0 Å². The second-order valence-electron chi connectivity index (χ2n) is 2.57. The summed E-state index contributed by atoms with van der Waals surface area (Å²) in [5.41, 5.74) is 2.71. The molecule has 2 rings (SSSR count). The molecule has 2 heterocycles. The zero-order valence-corrected chi connectivity index (χ0v) is 6.02. The number of H-pyrrole nitrogens is 1. The van der Waals surface area contributed by atoms with Crippen molar-refractivity contribution in [2.75, 3.05) is 6.54 Å². The molecule has 0 fully saturated rings. The lowest BCUT2D eigenvalue weighted by Gasteiger charge is -2.10. The number of fused-ring (bicyclic) bond motifs is 1. The first kappa shape index (κ1) is 6.38. The Hall–Kier alpha value is -1.34. The van der Waals surface area contributed by atoms with E-state index in [1.807, 2.05) is 0 Å². The van der Waals surface area contributed by atoms with Crippen LogP contribution in [-0.2, 0) is 13.0 Å². The summed E-state index contributed by atoms with van der Waals surface area (Å²) >= 11 is 0. The molecule has 11 heavy (non-hydrogen) atoms. The van der Waals surface area contributed by atoms with Gasteiger partial charge < -0.3 is 5.32 Å². The van der Waals surface area contributed by atoms with Crippen molar-refractivity contribution in [3.63, 3.8) is 0 Å². The highest BCUT2D eigenvalue weighted by molar-refractivity contribution is 5.35. The molecule has 0 aliphatic carbocycles. The number of rotatable bonds is 0. The maximum Gasteiger partial charge on any atom is 0.165 e. The maximum absolute atomic E-state index is 8.63. The van der Waals surface area contributed by atoms with Crippen LogP contribution in [0, 0.1) is 11.3 Å². The molecule has 0 atom stereocenters. The molecule has 4 nitrogen and oxygen atoms in total. The average Bonchev–Trinajstić information content (AvgIpc) is 2.47. The van der Waals surface area contributed by atoms with Crippen molar-refractivity contribution >= 4 is 0 Å². The fourth-order valence-corrected chi connectivity index (χ4v) is 1.34. The zero-order valence-electron chi connectivity index (χ0n) is 6.02. The highest BCUT2D eigenvalue weighted by Gasteiger charge is 2.15. The molecular formula is C7H8N4. The van der Waals surface area contributed by atoms with Crippen LogP contribution < -0.4 is 5.32 Å². The first-order valence-corrected chi connectivity index (χ1v) is 3.59. The SMILES string of the molecule is N#Cc1n[nH]c2c1CCNC2. The van der Waals surface area contributed by atoms with E-state index >= 15 is 0 Å². The smallest absolute Gasteiger partial charge is 0.165 e. The van der Waals surface area contributed by atoms with Gasteiger partial charge in [-0.2, -0.15) is 10.4 Å². The van der Waals surface area contributed by atoms with Crippen molar-refractivity contribution in [3.05, 3.63) is 17.0 Å². The van der Waals surface area contributed by atoms with Gasteiger partial charge in [0.1, 0.15) is 6.07 Å². The van der Waals surface area contributed by atoms with E-state index in [0.29, 0.717) is 5.69 Å². The van der Waals surface area contributed by atoms with Crippen molar-refractivity contribution < 1.29 is 0 Å². The Morgan fingerprint density at radius 3 is 3.27 bits per heavy atom. The van der Waals surface area contributed by atoms with Crippen molar-refractivity contribution in [1.82, 2.24) is 15.5 Å². The molecule has 0 saturated carbocycles. The summed E-state index contributed by atoms with van der Waals surface area (Å²) in [5.74, 6) is 0. The molecule has 1 aromatic rings. The third-order valence-corrected chi connectivity index (χ3v) is 1.91. The molecule has 0 bridgehead atoms. The summed E-state index contributed by atoms with van der Waals surface area (Å²) in [6.45, 7) is 1.76. The Morgan fingerprint density at radius 2 is 2.45 bits per heavy atom. The average molecular weight is 148 g/mol. The predicted octanol–water partition coefficient (Wildman–Crippen LogP) is -0.0729. The maximum atomic E-state index is 8.63. The standard InChI is InChI=1S/C7H8N4/c8-3-6-5-1-2-9-4-7(5)11-10-6/h9H,1-2,4H2,(H,10,11). The number of aromatic nitrogens is 2. The lowest BCUT2D eigenvalue weighted by Crippen LogP contribution is -2.23. The highest BCUT2D eigenvalue weighted by Crippen LogP contribution is 2.13. The van der Waals surface area contributed by atoms with Gasteiger partial charge in [-0.05, 0) is 13.0 Å². The van der Waals surface area contributed by atoms with Crippen LogP contribution in [0.3, 0.4) is 0 Å². The van der Waals surface area contributed by atoms with Crippen molar-refractivity contribution in [3.8, 4) is 6.07 Å². The number of nitrogens with zero attached hydrogens (tertiary/aromatic N) is 2. The van der Waals surface area contributed by atoms with Gasteiger partial charge in [0.05, 0.1) is 5.69 Å². The summed E-state index contributed by atoms with van der Waals surface area (Å²) in [6.07, 6.45) is 0.911. The van der Waals surface area contributed by atoms with Crippen LogP contribution in [0.15, 0.2) is 0 Å². The molecule has 1 aliphatic rings. The summed E-state index contributed by atoms with van der Waals surface area (Å²) in [7, 11) is 0. The molecular weight excluding hydrogens is 140 g/mol. The normalized spacial score (nSPS) is 15.5. The van der Waals surface area contributed by atoms with Crippen molar-refractivity contribution in [1.29, 1.82) is 5.26 Å². The Morgan fingerprint density at radius 1 is 1.55 bits per heavy atom. The van der Waals surface area contributed by atoms with Gasteiger partial charge in [-0.15, -0.1) is 0 Å². The third-order valence-electron chi connectivity index (χ3n) is 1.91. The Balaban J connectivity index is 2.48. The molecule has 0 radical (unpaired) electrons. The molecule has 56 valence electrons. The van der Waals surface area contributed by atoms with E-state index in [4.69, 9.17) is 5.26 Å². The van der Waals surface area contributed by atoms with Gasteiger partial charge in [0.15, 0.2) is 5.69 Å². The van der Waals surface area contributed by atoms with Crippen LogP contribution in [0.4, 0.5) is 0 Å². The molecule has 0 spiro atoms. The predicted molar refractivity (Wildman–Crippen MR) is 38.7 cm³/mol. The number of nitriles is 1. The van der Waals surface area contributed by atoms with Gasteiger partial charge in [0, 0.05) is 12.1 Å². The minimum atomic E-state index is 0.557. The van der Waals surface area contributed by atoms with E-state index in [9.17, 15) is 0 Å². The molecule has 1 aliphatic heterocycles. The van der Waals surface area contributed by atoms with Gasteiger partial charge in [0.25, 0.3) is 0 Å². The molecule has 0 saturated heterocycles. The monoisotopic (exact) mass is 148 g/mol. The molecule has 0 unspecified atom stereocenters. The lowest BCUT2D eigenvalue weighted by atomic mass is 10.1. The van der Waals surface area contributed by atoms with E-state index in [0.717, 1.165) is 30.8 Å². The van der Waals surface area contributed by atoms with E-state index < -0.39 is 0 Å². The quantitative estimate of drug-likeness (QED) is 0.541. The van der Waals surface area contributed by atoms with Crippen LogP contribution in [0.2, 0.25) is 0 Å². The number of aromatic amines is 1. The van der Waals surface area contributed by atoms with Gasteiger partial charge >= 0.3 is 0 Å². The summed E-state index contributed by atoms with van der Waals surface area (Å²) in [4.78, 5) is 0. The van der Waals surface area contributed by atoms with Gasteiger partial charge in [0.2, 0.25) is 0 Å². The van der Waals surface area contributed by atoms with Crippen LogP contribution in [0.25, 0.3) is 0 Å². The first-order chi connectivity index (χ1) is 5.42. The second-order valence-corrected chi connectivity index (χ2v) is 2.57. The van der Waals surface area contributed by atoms with Crippen molar-refractivity contribution in [2.24, 2.45) is 0 Å². The number of hydrogen-bond donors (Lipinski definition) is 2. The molecule has 0 amide bonds. The summed E-state index contributed by atoms with van der Waals surface area (Å²) in [5, 5.41) is 18.6. The topological polar surface area (TPSA) is 64.5 Å². The molecule has 2 N–H and O–H groups in total. The zero-order chi connectivity index (χ0) is 7.68. The minimum absolute atomic E-state index is 0.557. The van der Waals surface area contributed by atoms with Crippen LogP contribution in [-0.4, -0.2) is 16.7 Å². The minimum Gasteiger partial charge on any atom is -0.311 e.